The summed E-state index contributed by atoms with van der Waals surface area (Å²) >= 11 is 0. The Hall–Kier alpha value is -2.41. The summed E-state index contributed by atoms with van der Waals surface area (Å²) in [5.74, 6) is 0.439. The van der Waals surface area contributed by atoms with Gasteiger partial charge in [0.05, 0.1) is 11.3 Å². The molecule has 2 saturated heterocycles. The summed E-state index contributed by atoms with van der Waals surface area (Å²) in [4.78, 5) is 35.4. The van der Waals surface area contributed by atoms with Crippen LogP contribution in [0.15, 0.2) is 30.2 Å². The molecule has 1 N–H and O–H groups in total. The lowest BCUT2D eigenvalue weighted by atomic mass is 9.94. The van der Waals surface area contributed by atoms with Crippen LogP contribution < -0.4 is 0 Å². The van der Waals surface area contributed by atoms with Gasteiger partial charge in [-0.15, -0.1) is 0 Å². The third kappa shape index (κ3) is 2.67. The van der Waals surface area contributed by atoms with E-state index in [2.05, 4.69) is 9.88 Å². The molecule has 1 amide bonds. The van der Waals surface area contributed by atoms with Crippen molar-refractivity contribution in [1.29, 1.82) is 0 Å². The Labute approximate surface area is 152 Å². The number of ketones is 1. The molecule has 0 aromatic carbocycles. The van der Waals surface area contributed by atoms with Crippen molar-refractivity contribution < 1.29 is 14.7 Å². The highest BCUT2D eigenvalue weighted by atomic mass is 16.3. The van der Waals surface area contributed by atoms with Crippen LogP contribution >= 0.6 is 0 Å². The molecule has 0 spiro atoms. The molecule has 4 heterocycles. The van der Waals surface area contributed by atoms with Gasteiger partial charge >= 0.3 is 0 Å². The Morgan fingerprint density at radius 1 is 1.12 bits per heavy atom. The molecule has 26 heavy (non-hydrogen) atoms. The van der Waals surface area contributed by atoms with E-state index in [0.717, 1.165) is 38.2 Å². The van der Waals surface area contributed by atoms with E-state index >= 15 is 0 Å². The summed E-state index contributed by atoms with van der Waals surface area (Å²) < 4.78 is 0. The zero-order chi connectivity index (χ0) is 18.3. The molecule has 0 bridgehead atoms. The molecule has 3 aliphatic rings. The second-order valence-electron chi connectivity index (χ2n) is 7.13. The number of likely N-dealkylation sites (tertiary alicyclic amines) is 2. The minimum Gasteiger partial charge on any atom is -0.380 e. The summed E-state index contributed by atoms with van der Waals surface area (Å²) in [5, 5.41) is 10.9. The van der Waals surface area contributed by atoms with Gasteiger partial charge < -0.3 is 19.8 Å². The molecule has 3 aliphatic heterocycles. The number of aliphatic hydroxyl groups is 1. The van der Waals surface area contributed by atoms with E-state index in [0.29, 0.717) is 24.2 Å². The zero-order valence-corrected chi connectivity index (χ0v) is 15.0. The summed E-state index contributed by atoms with van der Waals surface area (Å²) in [6, 6.07) is 5.48. The number of pyridine rings is 1. The quantitative estimate of drug-likeness (QED) is 0.858. The van der Waals surface area contributed by atoms with Crippen LogP contribution in [-0.2, 0) is 9.59 Å². The van der Waals surface area contributed by atoms with Gasteiger partial charge in [-0.2, -0.15) is 0 Å². The molecule has 4 rings (SSSR count). The first-order chi connectivity index (χ1) is 12.6. The highest BCUT2D eigenvalue weighted by Crippen LogP contribution is 2.36. The SMILES string of the molecule is CN1C(N2CCCC2)=C(c2ccccn2)C(O)C(=O)C1N1CCCC1=O. The number of amides is 1. The Balaban J connectivity index is 1.83. The van der Waals surface area contributed by atoms with Crippen molar-refractivity contribution in [3.05, 3.63) is 35.9 Å². The van der Waals surface area contributed by atoms with Crippen molar-refractivity contribution in [2.75, 3.05) is 26.7 Å². The Morgan fingerprint density at radius 3 is 2.50 bits per heavy atom. The molecule has 2 atom stereocenters. The predicted octanol–water partition coefficient (Wildman–Crippen LogP) is 0.670. The summed E-state index contributed by atoms with van der Waals surface area (Å²) in [6.45, 7) is 2.30. The fourth-order valence-electron chi connectivity index (χ4n) is 4.29. The van der Waals surface area contributed by atoms with Crippen LogP contribution in [0.2, 0.25) is 0 Å². The van der Waals surface area contributed by atoms with E-state index in [1.54, 1.807) is 11.1 Å². The third-order valence-electron chi connectivity index (χ3n) is 5.49. The van der Waals surface area contributed by atoms with Crippen molar-refractivity contribution >= 4 is 17.3 Å². The van der Waals surface area contributed by atoms with Gasteiger partial charge in [-0.3, -0.25) is 14.6 Å². The monoisotopic (exact) mass is 356 g/mol. The molecular weight excluding hydrogens is 332 g/mol. The molecule has 2 unspecified atom stereocenters. The van der Waals surface area contributed by atoms with Crippen molar-refractivity contribution in [3.63, 3.8) is 0 Å². The lowest BCUT2D eigenvalue weighted by Gasteiger charge is -2.45. The number of likely N-dealkylation sites (N-methyl/N-ethyl adjacent to an activating group) is 1. The van der Waals surface area contributed by atoms with Gasteiger partial charge in [0.2, 0.25) is 11.7 Å². The van der Waals surface area contributed by atoms with E-state index < -0.39 is 12.3 Å². The van der Waals surface area contributed by atoms with Crippen LogP contribution in [0.3, 0.4) is 0 Å². The molecule has 2 fully saturated rings. The lowest BCUT2D eigenvalue weighted by molar-refractivity contribution is -0.146. The number of hydrogen-bond donors (Lipinski definition) is 1. The smallest absolute Gasteiger partial charge is 0.224 e. The molecule has 0 saturated carbocycles. The number of aromatic nitrogens is 1. The van der Waals surface area contributed by atoms with Crippen LogP contribution in [0.1, 0.15) is 31.4 Å². The number of nitrogens with zero attached hydrogens (tertiary/aromatic N) is 4. The predicted molar refractivity (Wildman–Crippen MR) is 95.5 cm³/mol. The summed E-state index contributed by atoms with van der Waals surface area (Å²) in [7, 11) is 1.84. The second-order valence-corrected chi connectivity index (χ2v) is 7.13. The molecular formula is C19H24N4O3. The minimum atomic E-state index is -1.28. The van der Waals surface area contributed by atoms with Gasteiger partial charge in [-0.25, -0.2) is 0 Å². The molecule has 7 nitrogen and oxygen atoms in total. The highest BCUT2D eigenvalue weighted by Gasteiger charge is 2.47. The Bertz CT molecular complexity index is 742. The summed E-state index contributed by atoms with van der Waals surface area (Å²) in [6.07, 6.45) is 3.00. The Kier molecular flexibility index (Phi) is 4.40. The maximum Gasteiger partial charge on any atom is 0.224 e. The molecule has 1 aromatic rings. The number of rotatable bonds is 3. The molecule has 7 heteroatoms. The van der Waals surface area contributed by atoms with Gasteiger partial charge in [0.25, 0.3) is 0 Å². The van der Waals surface area contributed by atoms with Gasteiger partial charge in [0.15, 0.2) is 6.17 Å². The number of hydrogen-bond acceptors (Lipinski definition) is 6. The maximum atomic E-state index is 13.0. The molecule has 0 aliphatic carbocycles. The first-order valence-electron chi connectivity index (χ1n) is 9.24. The van der Waals surface area contributed by atoms with Crippen LogP contribution in [-0.4, -0.2) is 75.4 Å². The van der Waals surface area contributed by atoms with Gasteiger partial charge in [0.1, 0.15) is 11.9 Å². The second kappa shape index (κ2) is 6.72. The maximum absolute atomic E-state index is 13.0. The first kappa shape index (κ1) is 17.0. The van der Waals surface area contributed by atoms with E-state index in [4.69, 9.17) is 0 Å². The van der Waals surface area contributed by atoms with Crippen LogP contribution in [0.4, 0.5) is 0 Å². The number of carbonyl (C=O) groups excluding carboxylic acids is 2. The molecule has 138 valence electrons. The first-order valence-corrected chi connectivity index (χ1v) is 9.24. The fourth-order valence-corrected chi connectivity index (χ4v) is 4.29. The van der Waals surface area contributed by atoms with Crippen molar-refractivity contribution in [3.8, 4) is 0 Å². The van der Waals surface area contributed by atoms with Crippen molar-refractivity contribution in [2.45, 2.75) is 38.0 Å². The highest BCUT2D eigenvalue weighted by molar-refractivity contribution is 6.02. The molecule has 0 radical (unpaired) electrons. The normalized spacial score (nSPS) is 27.1. The standard InChI is InChI=1S/C19H24N4O3/c1-21-18(22-10-4-5-11-22)15(13-7-2-3-9-20-13)16(25)17(26)19(21)23-12-6-8-14(23)24/h2-3,7,9,16,19,25H,4-6,8,10-12H2,1H3. The van der Waals surface area contributed by atoms with E-state index in [1.807, 2.05) is 30.1 Å². The lowest BCUT2D eigenvalue weighted by Crippen LogP contribution is -2.60. The van der Waals surface area contributed by atoms with E-state index in [9.17, 15) is 14.7 Å². The van der Waals surface area contributed by atoms with E-state index in [-0.39, 0.29) is 11.7 Å². The number of aliphatic hydroxyl groups excluding tert-OH is 1. The topological polar surface area (TPSA) is 77.0 Å². The van der Waals surface area contributed by atoms with Crippen LogP contribution in [0.5, 0.6) is 0 Å². The Morgan fingerprint density at radius 2 is 1.88 bits per heavy atom. The van der Waals surface area contributed by atoms with Crippen LogP contribution in [0.25, 0.3) is 5.57 Å². The van der Waals surface area contributed by atoms with Crippen molar-refractivity contribution in [2.24, 2.45) is 0 Å². The average molecular weight is 356 g/mol. The summed E-state index contributed by atoms with van der Waals surface area (Å²) in [5.41, 5.74) is 1.15. The van der Waals surface area contributed by atoms with Gasteiger partial charge in [0, 0.05) is 39.3 Å². The van der Waals surface area contributed by atoms with E-state index in [1.165, 1.54) is 0 Å². The number of carbonyl (C=O) groups is 2. The van der Waals surface area contributed by atoms with Gasteiger partial charge in [-0.1, -0.05) is 6.07 Å². The minimum absolute atomic E-state index is 0.0236. The zero-order valence-electron chi connectivity index (χ0n) is 15.0. The molecule has 1 aromatic heterocycles. The third-order valence-corrected chi connectivity index (χ3v) is 5.49. The van der Waals surface area contributed by atoms with Gasteiger partial charge in [-0.05, 0) is 31.4 Å². The number of Topliss-reactive ketones (excluding diaryl/α,β-unsaturated/α-hetero) is 1. The van der Waals surface area contributed by atoms with Crippen molar-refractivity contribution in [1.82, 2.24) is 19.7 Å². The largest absolute Gasteiger partial charge is 0.380 e. The fraction of sp³-hybridized carbons (Fsp3) is 0.526. The average Bonchev–Trinajstić information content (AvgIpc) is 3.31. The van der Waals surface area contributed by atoms with Crippen LogP contribution in [0, 0.1) is 0 Å².